The van der Waals surface area contributed by atoms with Crippen molar-refractivity contribution >= 4 is 46.1 Å². The number of nitro groups is 1. The van der Waals surface area contributed by atoms with E-state index in [9.17, 15) is 10.1 Å². The number of hydrogen-bond donors (Lipinski definition) is 1. The van der Waals surface area contributed by atoms with E-state index in [1.54, 1.807) is 6.21 Å². The second-order valence-corrected chi connectivity index (χ2v) is 5.72. The lowest BCUT2D eigenvalue weighted by molar-refractivity contribution is -0.385. The first-order valence-electron chi connectivity index (χ1n) is 6.96. The van der Waals surface area contributed by atoms with Crippen LogP contribution in [-0.2, 0) is 0 Å². The Hall–Kier alpha value is -2.71. The molecule has 0 bridgehead atoms. The molecule has 0 aliphatic heterocycles. The largest absolute Gasteiger partial charge is 0.316 e. The van der Waals surface area contributed by atoms with Crippen LogP contribution >= 0.6 is 28.3 Å². The van der Waals surface area contributed by atoms with Crippen LogP contribution in [0.15, 0.2) is 70.5 Å². The number of halogens is 2. The van der Waals surface area contributed by atoms with Crippen LogP contribution in [0.2, 0.25) is 0 Å². The summed E-state index contributed by atoms with van der Waals surface area (Å²) in [7, 11) is 0. The highest BCUT2D eigenvalue weighted by Crippen LogP contribution is 2.16. The first kappa shape index (κ1) is 18.6. The Kier molecular flexibility index (Phi) is 6.26. The first-order valence-corrected chi connectivity index (χ1v) is 7.75. The Morgan fingerprint density at radius 2 is 1.96 bits per heavy atom. The normalized spacial score (nSPS) is 10.4. The third-order valence-corrected chi connectivity index (χ3v) is 3.75. The van der Waals surface area contributed by atoms with E-state index < -0.39 is 4.92 Å². The van der Waals surface area contributed by atoms with Gasteiger partial charge in [0.2, 0.25) is 0 Å². The second kappa shape index (κ2) is 8.41. The minimum absolute atomic E-state index is 0. The maximum Gasteiger partial charge on any atom is 0.287 e. The van der Waals surface area contributed by atoms with E-state index >= 15 is 0 Å². The zero-order valence-electron chi connectivity index (χ0n) is 12.7. The van der Waals surface area contributed by atoms with E-state index in [2.05, 4.69) is 31.4 Å². The molecule has 9 heteroatoms. The number of nitrogens with zero attached hydrogens (tertiary/aromatic N) is 4. The molecule has 128 valence electrons. The fourth-order valence-corrected chi connectivity index (χ4v) is 2.33. The predicted molar refractivity (Wildman–Crippen MR) is 103 cm³/mol. The molecule has 7 nitrogen and oxygen atoms in total. The molecule has 0 unspecified atom stereocenters. The van der Waals surface area contributed by atoms with Gasteiger partial charge in [0.05, 0.1) is 16.8 Å². The van der Waals surface area contributed by atoms with Gasteiger partial charge in [0, 0.05) is 22.4 Å². The molecule has 0 atom stereocenters. The molecule has 0 saturated carbocycles. The van der Waals surface area contributed by atoms with Crippen LogP contribution in [-0.4, -0.2) is 20.7 Å². The lowest BCUT2D eigenvalue weighted by Crippen LogP contribution is -2.00. The van der Waals surface area contributed by atoms with Crippen molar-refractivity contribution in [1.29, 1.82) is 0 Å². The summed E-state index contributed by atoms with van der Waals surface area (Å²) < 4.78 is 3.00. The molecule has 0 aliphatic carbocycles. The van der Waals surface area contributed by atoms with Gasteiger partial charge in [-0.1, -0.05) is 15.9 Å². The molecule has 0 aliphatic rings. The Bertz CT molecular complexity index is 878. The molecule has 0 spiro atoms. The summed E-state index contributed by atoms with van der Waals surface area (Å²) in [5.74, 6) is 0.429. The fourth-order valence-electron chi connectivity index (χ4n) is 2.06. The number of nitrogens with one attached hydrogen (secondary N) is 1. The molecule has 0 amide bonds. The van der Waals surface area contributed by atoms with E-state index in [1.165, 1.54) is 18.3 Å². The van der Waals surface area contributed by atoms with Crippen LogP contribution in [0.5, 0.6) is 0 Å². The fraction of sp³-hybridized carbons (Fsp3) is 0. The maximum absolute atomic E-state index is 10.6. The predicted octanol–water partition coefficient (Wildman–Crippen LogP) is 4.41. The topological polar surface area (TPSA) is 85.4 Å². The SMILES string of the molecule is Cl.O=[N+]([O-])c1ccc(N/N=C/c2cccn2-c2ccc(Br)cc2)nc1. The minimum Gasteiger partial charge on any atom is -0.316 e. The summed E-state index contributed by atoms with van der Waals surface area (Å²) >= 11 is 3.41. The van der Waals surface area contributed by atoms with E-state index in [4.69, 9.17) is 0 Å². The Labute approximate surface area is 158 Å². The third kappa shape index (κ3) is 4.65. The number of rotatable bonds is 5. The molecule has 0 fully saturated rings. The molecule has 3 aromatic rings. The number of anilines is 1. The highest BCUT2D eigenvalue weighted by Gasteiger charge is 2.04. The number of hydrogen-bond acceptors (Lipinski definition) is 5. The van der Waals surface area contributed by atoms with Crippen molar-refractivity contribution in [1.82, 2.24) is 9.55 Å². The van der Waals surface area contributed by atoms with Crippen molar-refractivity contribution in [3.63, 3.8) is 0 Å². The summed E-state index contributed by atoms with van der Waals surface area (Å²) in [6, 6.07) is 14.6. The van der Waals surface area contributed by atoms with Crippen LogP contribution in [0.3, 0.4) is 0 Å². The molecule has 1 aromatic carbocycles. The monoisotopic (exact) mass is 421 g/mol. The van der Waals surface area contributed by atoms with Crippen LogP contribution in [0.25, 0.3) is 5.69 Å². The van der Waals surface area contributed by atoms with Crippen LogP contribution in [0, 0.1) is 10.1 Å². The van der Waals surface area contributed by atoms with Crippen LogP contribution in [0.4, 0.5) is 11.5 Å². The summed E-state index contributed by atoms with van der Waals surface area (Å²) in [6.45, 7) is 0. The van der Waals surface area contributed by atoms with Gasteiger partial charge in [-0.25, -0.2) is 4.98 Å². The van der Waals surface area contributed by atoms with Crippen molar-refractivity contribution in [2.45, 2.75) is 0 Å². The van der Waals surface area contributed by atoms with E-state index in [0.29, 0.717) is 5.82 Å². The average Bonchev–Trinajstić information content (AvgIpc) is 3.04. The molecule has 2 aromatic heterocycles. The molecule has 3 rings (SSSR count). The summed E-state index contributed by atoms with van der Waals surface area (Å²) in [4.78, 5) is 14.0. The number of aromatic nitrogens is 2. The first-order chi connectivity index (χ1) is 11.6. The molecular formula is C16H13BrClN5O2. The number of benzene rings is 1. The van der Waals surface area contributed by atoms with Gasteiger partial charge in [-0.3, -0.25) is 15.5 Å². The summed E-state index contributed by atoms with van der Waals surface area (Å²) in [5, 5.41) is 14.7. The van der Waals surface area contributed by atoms with Crippen molar-refractivity contribution in [2.24, 2.45) is 5.10 Å². The van der Waals surface area contributed by atoms with Crippen molar-refractivity contribution in [2.75, 3.05) is 5.43 Å². The Morgan fingerprint density at radius 1 is 1.20 bits per heavy atom. The molecule has 1 N–H and O–H groups in total. The second-order valence-electron chi connectivity index (χ2n) is 4.81. The number of pyridine rings is 1. The Balaban J connectivity index is 0.00000225. The van der Waals surface area contributed by atoms with Crippen LogP contribution in [0.1, 0.15) is 5.69 Å². The quantitative estimate of drug-likeness (QED) is 0.375. The highest BCUT2D eigenvalue weighted by molar-refractivity contribution is 9.10. The molecule has 0 radical (unpaired) electrons. The third-order valence-electron chi connectivity index (χ3n) is 3.22. The zero-order valence-corrected chi connectivity index (χ0v) is 15.1. The lowest BCUT2D eigenvalue weighted by Gasteiger charge is -2.06. The van der Waals surface area contributed by atoms with Crippen LogP contribution < -0.4 is 5.43 Å². The highest BCUT2D eigenvalue weighted by atomic mass is 79.9. The van der Waals surface area contributed by atoms with Gasteiger partial charge in [-0.2, -0.15) is 5.10 Å². The van der Waals surface area contributed by atoms with E-state index in [0.717, 1.165) is 15.9 Å². The molecular weight excluding hydrogens is 410 g/mol. The van der Waals surface area contributed by atoms with E-state index in [-0.39, 0.29) is 18.1 Å². The molecule has 0 saturated heterocycles. The van der Waals surface area contributed by atoms with Crippen molar-refractivity contribution < 1.29 is 4.92 Å². The molecule has 25 heavy (non-hydrogen) atoms. The minimum atomic E-state index is -0.495. The standard InChI is InChI=1S/C16H12BrN5O2.ClH/c17-12-3-5-13(6-4-12)21-9-1-2-14(21)11-19-20-16-8-7-15(10-18-16)22(23)24;/h1-11H,(H,18,20);1H/b19-11+;. The smallest absolute Gasteiger partial charge is 0.287 e. The van der Waals surface area contributed by atoms with Crippen molar-refractivity contribution in [3.05, 3.63) is 81.2 Å². The summed E-state index contributed by atoms with van der Waals surface area (Å²) in [6.07, 6.45) is 4.78. The van der Waals surface area contributed by atoms with Gasteiger partial charge in [-0.05, 0) is 42.5 Å². The van der Waals surface area contributed by atoms with Gasteiger partial charge in [-0.15, -0.1) is 12.4 Å². The average molecular weight is 423 g/mol. The van der Waals surface area contributed by atoms with E-state index in [1.807, 2.05) is 47.2 Å². The van der Waals surface area contributed by atoms with Gasteiger partial charge < -0.3 is 4.57 Å². The Morgan fingerprint density at radius 3 is 2.60 bits per heavy atom. The lowest BCUT2D eigenvalue weighted by atomic mass is 10.3. The summed E-state index contributed by atoms with van der Waals surface area (Å²) in [5.41, 5.74) is 4.58. The zero-order chi connectivity index (χ0) is 16.9. The van der Waals surface area contributed by atoms with Gasteiger partial charge in [0.15, 0.2) is 0 Å². The molecule has 2 heterocycles. The van der Waals surface area contributed by atoms with Gasteiger partial charge in [0.1, 0.15) is 12.0 Å². The number of hydrazone groups is 1. The van der Waals surface area contributed by atoms with Crippen molar-refractivity contribution in [3.8, 4) is 5.69 Å². The van der Waals surface area contributed by atoms with Gasteiger partial charge in [0.25, 0.3) is 5.69 Å². The van der Waals surface area contributed by atoms with Gasteiger partial charge >= 0.3 is 0 Å². The maximum atomic E-state index is 10.6.